The lowest BCUT2D eigenvalue weighted by Crippen LogP contribution is -2.24. The topological polar surface area (TPSA) is 64.7 Å². The Bertz CT molecular complexity index is 845. The molecule has 138 valence electrons. The summed E-state index contributed by atoms with van der Waals surface area (Å²) in [6, 6.07) is 15.0. The molecule has 26 heavy (non-hydrogen) atoms. The highest BCUT2D eigenvalue weighted by atomic mass is 79.9. The number of aliphatic hydroxyl groups is 1. The van der Waals surface area contributed by atoms with Crippen LogP contribution in [0.5, 0.6) is 11.5 Å². The van der Waals surface area contributed by atoms with Crippen LogP contribution in [0.2, 0.25) is 0 Å². The van der Waals surface area contributed by atoms with E-state index in [1.54, 1.807) is 40.2 Å². The van der Waals surface area contributed by atoms with Gasteiger partial charge >= 0.3 is 0 Å². The Kier molecular flexibility index (Phi) is 6.83. The van der Waals surface area contributed by atoms with Gasteiger partial charge in [-0.2, -0.15) is 0 Å². The van der Waals surface area contributed by atoms with Crippen molar-refractivity contribution in [1.82, 2.24) is 4.98 Å². The van der Waals surface area contributed by atoms with Gasteiger partial charge in [-0.1, -0.05) is 30.3 Å². The minimum absolute atomic E-state index is 0.432. The van der Waals surface area contributed by atoms with E-state index < -0.39 is 5.60 Å². The van der Waals surface area contributed by atoms with Gasteiger partial charge < -0.3 is 19.0 Å². The lowest BCUT2D eigenvalue weighted by Gasteiger charge is -2.23. The van der Waals surface area contributed by atoms with Crippen molar-refractivity contribution in [2.24, 2.45) is 0 Å². The van der Waals surface area contributed by atoms with Crippen LogP contribution in [0, 0.1) is 6.92 Å². The molecule has 1 heterocycles. The van der Waals surface area contributed by atoms with Crippen molar-refractivity contribution >= 4 is 15.9 Å². The Morgan fingerprint density at radius 3 is 2.08 bits per heavy atom. The minimum atomic E-state index is -1.26. The molecule has 1 N–H and O–H groups in total. The molecule has 0 aliphatic rings. The fourth-order valence-corrected chi connectivity index (χ4v) is 3.00. The fourth-order valence-electron chi connectivity index (χ4n) is 2.55. The Labute approximate surface area is 161 Å². The number of oxazole rings is 1. The molecule has 0 saturated heterocycles. The van der Waals surface area contributed by atoms with Crippen molar-refractivity contribution in [3.63, 3.8) is 0 Å². The van der Waals surface area contributed by atoms with Crippen LogP contribution in [0.15, 0.2) is 63.8 Å². The molecule has 0 fully saturated rings. The van der Waals surface area contributed by atoms with Crippen molar-refractivity contribution in [3.05, 3.63) is 76.4 Å². The number of ether oxygens (including phenoxy) is 2. The van der Waals surface area contributed by atoms with Gasteiger partial charge in [-0.3, -0.25) is 0 Å². The van der Waals surface area contributed by atoms with Crippen LogP contribution in [-0.4, -0.2) is 24.3 Å². The number of rotatable bonds is 4. The van der Waals surface area contributed by atoms with Crippen LogP contribution in [0.25, 0.3) is 0 Å². The molecular formula is C20H22BrNO4. The van der Waals surface area contributed by atoms with E-state index >= 15 is 0 Å². The van der Waals surface area contributed by atoms with Gasteiger partial charge in [0, 0.05) is 5.56 Å². The van der Waals surface area contributed by atoms with E-state index in [0.717, 1.165) is 10.2 Å². The van der Waals surface area contributed by atoms with Crippen LogP contribution < -0.4 is 9.47 Å². The van der Waals surface area contributed by atoms with Crippen molar-refractivity contribution in [1.29, 1.82) is 0 Å². The molecule has 0 radical (unpaired) electrons. The van der Waals surface area contributed by atoms with Crippen LogP contribution in [0.3, 0.4) is 0 Å². The molecule has 1 atom stereocenters. The largest absolute Gasteiger partial charge is 0.496 e. The average molecular weight is 420 g/mol. The summed E-state index contributed by atoms with van der Waals surface area (Å²) >= 11 is 3.33. The van der Waals surface area contributed by atoms with E-state index in [2.05, 4.69) is 20.9 Å². The zero-order chi connectivity index (χ0) is 19.2. The molecule has 0 saturated carbocycles. The van der Waals surface area contributed by atoms with Gasteiger partial charge in [0.25, 0.3) is 0 Å². The Balaban J connectivity index is 0.000000228. The van der Waals surface area contributed by atoms with Gasteiger partial charge in [0.1, 0.15) is 17.1 Å². The maximum atomic E-state index is 10.6. The van der Waals surface area contributed by atoms with E-state index in [4.69, 9.17) is 13.9 Å². The zero-order valence-electron chi connectivity index (χ0n) is 15.2. The van der Waals surface area contributed by atoms with Gasteiger partial charge in [-0.15, -0.1) is 0 Å². The Hall–Kier alpha value is -2.31. The van der Waals surface area contributed by atoms with Gasteiger partial charge in [-0.05, 0) is 48.0 Å². The summed E-state index contributed by atoms with van der Waals surface area (Å²) < 4.78 is 16.5. The summed E-state index contributed by atoms with van der Waals surface area (Å²) in [4.78, 5) is 4.00. The van der Waals surface area contributed by atoms with Crippen molar-refractivity contribution in [2.75, 3.05) is 14.2 Å². The van der Waals surface area contributed by atoms with Gasteiger partial charge in [0.05, 0.1) is 24.4 Å². The second-order valence-electron chi connectivity index (χ2n) is 5.67. The van der Waals surface area contributed by atoms with Crippen molar-refractivity contribution in [2.45, 2.75) is 19.4 Å². The summed E-state index contributed by atoms with van der Waals surface area (Å²) in [5, 5.41) is 10.6. The molecule has 0 aliphatic heterocycles. The van der Waals surface area contributed by atoms with E-state index in [9.17, 15) is 5.11 Å². The predicted octanol–water partition coefficient (Wildman–Crippen LogP) is 4.71. The highest BCUT2D eigenvalue weighted by Gasteiger charge is 2.33. The molecule has 1 aromatic heterocycles. The minimum Gasteiger partial charge on any atom is -0.496 e. The van der Waals surface area contributed by atoms with Crippen LogP contribution >= 0.6 is 15.9 Å². The summed E-state index contributed by atoms with van der Waals surface area (Å²) in [5.41, 5.74) is 0.0657. The SMILES string of the molecule is COc1ccccc1Br.COc1ccccc1C(C)(O)c1ocnc1C. The number of hydrogen-bond acceptors (Lipinski definition) is 5. The summed E-state index contributed by atoms with van der Waals surface area (Å²) in [7, 11) is 3.22. The standard InChI is InChI=1S/C13H15NO3.C7H7BrO/c1-9-12(17-8-14-9)13(2,15)10-6-4-5-7-11(10)16-3;1-9-7-5-3-2-4-6(7)8/h4-8,15H,1-3H3;2-5H,1H3. The number of methoxy groups -OCH3 is 2. The fraction of sp³-hybridized carbons (Fsp3) is 0.250. The molecule has 1 unspecified atom stereocenters. The number of benzene rings is 2. The lowest BCUT2D eigenvalue weighted by atomic mass is 9.91. The molecule has 0 spiro atoms. The molecule has 6 heteroatoms. The Morgan fingerprint density at radius 1 is 1.00 bits per heavy atom. The van der Waals surface area contributed by atoms with Crippen molar-refractivity contribution in [3.8, 4) is 11.5 Å². The monoisotopic (exact) mass is 419 g/mol. The van der Waals surface area contributed by atoms with E-state index in [0.29, 0.717) is 22.8 Å². The molecule has 3 aromatic rings. The predicted molar refractivity (Wildman–Crippen MR) is 104 cm³/mol. The molecule has 0 bridgehead atoms. The summed E-state index contributed by atoms with van der Waals surface area (Å²) in [6.45, 7) is 3.46. The molecule has 5 nitrogen and oxygen atoms in total. The van der Waals surface area contributed by atoms with E-state index in [1.807, 2.05) is 36.4 Å². The lowest BCUT2D eigenvalue weighted by molar-refractivity contribution is 0.0731. The molecular weight excluding hydrogens is 398 g/mol. The zero-order valence-corrected chi connectivity index (χ0v) is 16.8. The first-order chi connectivity index (χ1) is 12.4. The number of aromatic nitrogens is 1. The smallest absolute Gasteiger partial charge is 0.181 e. The van der Waals surface area contributed by atoms with Crippen LogP contribution in [-0.2, 0) is 5.60 Å². The average Bonchev–Trinajstić information content (AvgIpc) is 3.09. The number of para-hydroxylation sites is 2. The van der Waals surface area contributed by atoms with Crippen LogP contribution in [0.4, 0.5) is 0 Å². The Morgan fingerprint density at radius 2 is 1.58 bits per heavy atom. The number of nitrogens with zero attached hydrogens (tertiary/aromatic N) is 1. The number of halogens is 1. The number of hydrogen-bond donors (Lipinski definition) is 1. The first-order valence-electron chi connectivity index (χ1n) is 7.96. The van der Waals surface area contributed by atoms with Gasteiger partial charge in [0.2, 0.25) is 0 Å². The van der Waals surface area contributed by atoms with Gasteiger partial charge in [0.15, 0.2) is 12.2 Å². The second kappa shape index (κ2) is 8.87. The molecule has 0 aliphatic carbocycles. The third-order valence-corrected chi connectivity index (χ3v) is 4.53. The maximum absolute atomic E-state index is 10.6. The highest BCUT2D eigenvalue weighted by molar-refractivity contribution is 9.10. The van der Waals surface area contributed by atoms with E-state index in [-0.39, 0.29) is 0 Å². The first-order valence-corrected chi connectivity index (χ1v) is 8.76. The molecule has 2 aromatic carbocycles. The highest BCUT2D eigenvalue weighted by Crippen LogP contribution is 2.36. The van der Waals surface area contributed by atoms with Crippen LogP contribution in [0.1, 0.15) is 23.9 Å². The quantitative estimate of drug-likeness (QED) is 0.663. The van der Waals surface area contributed by atoms with Gasteiger partial charge in [-0.25, -0.2) is 4.98 Å². The molecule has 0 amide bonds. The molecule has 3 rings (SSSR count). The maximum Gasteiger partial charge on any atom is 0.181 e. The second-order valence-corrected chi connectivity index (χ2v) is 6.53. The third-order valence-electron chi connectivity index (χ3n) is 3.88. The summed E-state index contributed by atoms with van der Waals surface area (Å²) in [6.07, 6.45) is 1.33. The third kappa shape index (κ3) is 4.45. The first kappa shape index (κ1) is 20.0. The van der Waals surface area contributed by atoms with E-state index in [1.165, 1.54) is 6.39 Å². The number of aryl methyl sites for hydroxylation is 1. The summed E-state index contributed by atoms with van der Waals surface area (Å²) in [5.74, 6) is 1.92. The normalized spacial score (nSPS) is 12.5. The van der Waals surface area contributed by atoms with Crippen molar-refractivity contribution < 1.29 is 19.0 Å².